The Balaban J connectivity index is 1.94. The van der Waals surface area contributed by atoms with E-state index in [4.69, 9.17) is 0 Å². The molecule has 5 nitrogen and oxygen atoms in total. The topological polar surface area (TPSA) is 61.4 Å². The second kappa shape index (κ2) is 6.37. The molecule has 0 aromatic heterocycles. The number of carbonyl (C=O) groups excluding carboxylic acids is 2. The number of likely N-dealkylation sites (N-methyl/N-ethyl adjacent to an activating group) is 2. The standard InChI is InChI=1S/C14H25N3O2/c1-3-15-12(18)9-17(4-2)14(19)13-11-7-5-6-10(11)8-16-13/h10-11,13,16H,3-9H2,1-2H3,(H,15,18). The minimum absolute atomic E-state index is 0.0677. The second-order valence-corrected chi connectivity index (χ2v) is 5.55. The summed E-state index contributed by atoms with van der Waals surface area (Å²) in [6.45, 7) is 6.15. The first kappa shape index (κ1) is 14.3. The van der Waals surface area contributed by atoms with E-state index in [-0.39, 0.29) is 24.4 Å². The first-order chi connectivity index (χ1) is 9.17. The molecular formula is C14H25N3O2. The Hall–Kier alpha value is -1.10. The number of nitrogens with zero attached hydrogens (tertiary/aromatic N) is 1. The van der Waals surface area contributed by atoms with Gasteiger partial charge in [0.2, 0.25) is 11.8 Å². The molecule has 0 aromatic carbocycles. The number of carbonyl (C=O) groups is 2. The number of fused-ring (bicyclic) bond motifs is 1. The summed E-state index contributed by atoms with van der Waals surface area (Å²) in [5.41, 5.74) is 0. The van der Waals surface area contributed by atoms with Gasteiger partial charge in [0.05, 0.1) is 12.6 Å². The largest absolute Gasteiger partial charge is 0.355 e. The lowest BCUT2D eigenvalue weighted by Crippen LogP contribution is -2.49. The number of hydrogen-bond acceptors (Lipinski definition) is 3. The van der Waals surface area contributed by atoms with Crippen LogP contribution in [0.3, 0.4) is 0 Å². The quantitative estimate of drug-likeness (QED) is 0.756. The highest BCUT2D eigenvalue weighted by molar-refractivity contribution is 5.88. The van der Waals surface area contributed by atoms with E-state index in [9.17, 15) is 9.59 Å². The molecule has 2 fully saturated rings. The monoisotopic (exact) mass is 267 g/mol. The molecule has 1 aliphatic carbocycles. The molecule has 0 aromatic rings. The molecule has 1 saturated carbocycles. The van der Waals surface area contributed by atoms with Crippen molar-refractivity contribution >= 4 is 11.8 Å². The van der Waals surface area contributed by atoms with Crippen molar-refractivity contribution in [2.75, 3.05) is 26.2 Å². The van der Waals surface area contributed by atoms with Gasteiger partial charge in [0, 0.05) is 13.1 Å². The predicted octanol–water partition coefficient (Wildman–Crippen LogP) is 0.359. The minimum atomic E-state index is -0.0707. The van der Waals surface area contributed by atoms with Crippen LogP contribution < -0.4 is 10.6 Å². The van der Waals surface area contributed by atoms with Crippen LogP contribution in [0.4, 0.5) is 0 Å². The molecule has 1 saturated heterocycles. The van der Waals surface area contributed by atoms with Gasteiger partial charge < -0.3 is 15.5 Å². The Morgan fingerprint density at radius 3 is 2.79 bits per heavy atom. The summed E-state index contributed by atoms with van der Waals surface area (Å²) < 4.78 is 0. The number of hydrogen-bond donors (Lipinski definition) is 2. The van der Waals surface area contributed by atoms with Crippen molar-refractivity contribution in [2.24, 2.45) is 11.8 Å². The Morgan fingerprint density at radius 2 is 2.11 bits per heavy atom. The van der Waals surface area contributed by atoms with E-state index in [1.807, 2.05) is 13.8 Å². The first-order valence-electron chi connectivity index (χ1n) is 7.46. The van der Waals surface area contributed by atoms with Gasteiger partial charge in [-0.1, -0.05) is 6.42 Å². The van der Waals surface area contributed by atoms with Crippen molar-refractivity contribution in [3.8, 4) is 0 Å². The van der Waals surface area contributed by atoms with E-state index < -0.39 is 0 Å². The molecule has 3 atom stereocenters. The van der Waals surface area contributed by atoms with Crippen molar-refractivity contribution in [3.63, 3.8) is 0 Å². The molecule has 0 spiro atoms. The highest BCUT2D eigenvalue weighted by Gasteiger charge is 2.43. The zero-order valence-corrected chi connectivity index (χ0v) is 11.9. The summed E-state index contributed by atoms with van der Waals surface area (Å²) in [6.07, 6.45) is 3.62. The van der Waals surface area contributed by atoms with E-state index in [0.717, 1.165) is 13.0 Å². The maximum Gasteiger partial charge on any atom is 0.240 e. The van der Waals surface area contributed by atoms with Gasteiger partial charge in [0.25, 0.3) is 0 Å². The first-order valence-corrected chi connectivity index (χ1v) is 7.46. The molecule has 2 N–H and O–H groups in total. The average molecular weight is 267 g/mol. The summed E-state index contributed by atoms with van der Waals surface area (Å²) in [5.74, 6) is 1.18. The third kappa shape index (κ3) is 3.08. The lowest BCUT2D eigenvalue weighted by Gasteiger charge is -2.26. The van der Waals surface area contributed by atoms with Crippen molar-refractivity contribution < 1.29 is 9.59 Å². The van der Waals surface area contributed by atoms with Gasteiger partial charge in [0.15, 0.2) is 0 Å². The van der Waals surface area contributed by atoms with Crippen LogP contribution in [0.15, 0.2) is 0 Å². The molecule has 2 aliphatic rings. The second-order valence-electron chi connectivity index (χ2n) is 5.55. The highest BCUT2D eigenvalue weighted by atomic mass is 16.2. The maximum absolute atomic E-state index is 12.5. The van der Waals surface area contributed by atoms with Gasteiger partial charge in [-0.05, 0) is 45.1 Å². The molecular weight excluding hydrogens is 242 g/mol. The van der Waals surface area contributed by atoms with Crippen LogP contribution in [0.25, 0.3) is 0 Å². The number of nitrogens with one attached hydrogen (secondary N) is 2. The van der Waals surface area contributed by atoms with E-state index >= 15 is 0 Å². The molecule has 2 rings (SSSR count). The Labute approximate surface area is 115 Å². The fourth-order valence-corrected chi connectivity index (χ4v) is 3.43. The summed E-state index contributed by atoms with van der Waals surface area (Å²) in [5, 5.41) is 6.10. The maximum atomic E-state index is 12.5. The van der Waals surface area contributed by atoms with E-state index in [1.54, 1.807) is 4.90 Å². The van der Waals surface area contributed by atoms with Crippen molar-refractivity contribution in [2.45, 2.75) is 39.2 Å². The van der Waals surface area contributed by atoms with Gasteiger partial charge in [-0.25, -0.2) is 0 Å². The minimum Gasteiger partial charge on any atom is -0.355 e. The predicted molar refractivity (Wildman–Crippen MR) is 73.6 cm³/mol. The van der Waals surface area contributed by atoms with Crippen LogP contribution in [-0.4, -0.2) is 48.9 Å². The van der Waals surface area contributed by atoms with Crippen LogP contribution >= 0.6 is 0 Å². The highest BCUT2D eigenvalue weighted by Crippen LogP contribution is 2.38. The van der Waals surface area contributed by atoms with Gasteiger partial charge in [-0.2, -0.15) is 0 Å². The molecule has 1 aliphatic heterocycles. The van der Waals surface area contributed by atoms with Crippen LogP contribution in [0, 0.1) is 11.8 Å². The van der Waals surface area contributed by atoms with E-state index in [0.29, 0.717) is 24.9 Å². The van der Waals surface area contributed by atoms with Crippen LogP contribution in [0.5, 0.6) is 0 Å². The molecule has 0 radical (unpaired) electrons. The molecule has 3 unspecified atom stereocenters. The average Bonchev–Trinajstić information content (AvgIpc) is 2.97. The van der Waals surface area contributed by atoms with E-state index in [1.165, 1.54) is 12.8 Å². The molecule has 19 heavy (non-hydrogen) atoms. The lowest BCUT2D eigenvalue weighted by molar-refractivity contribution is -0.138. The third-order valence-corrected chi connectivity index (χ3v) is 4.41. The Morgan fingerprint density at radius 1 is 1.32 bits per heavy atom. The van der Waals surface area contributed by atoms with Crippen molar-refractivity contribution in [1.29, 1.82) is 0 Å². The zero-order chi connectivity index (χ0) is 13.8. The van der Waals surface area contributed by atoms with Crippen LogP contribution in [0.2, 0.25) is 0 Å². The molecule has 5 heteroatoms. The normalized spacial score (nSPS) is 29.1. The molecule has 2 amide bonds. The van der Waals surface area contributed by atoms with E-state index in [2.05, 4.69) is 10.6 Å². The van der Waals surface area contributed by atoms with Crippen molar-refractivity contribution in [3.05, 3.63) is 0 Å². The fourth-order valence-electron chi connectivity index (χ4n) is 3.43. The van der Waals surface area contributed by atoms with Gasteiger partial charge in [-0.15, -0.1) is 0 Å². The molecule has 108 valence electrons. The summed E-state index contributed by atoms with van der Waals surface area (Å²) in [7, 11) is 0. The van der Waals surface area contributed by atoms with Gasteiger partial charge in [0.1, 0.15) is 0 Å². The molecule has 1 heterocycles. The van der Waals surface area contributed by atoms with Crippen LogP contribution in [-0.2, 0) is 9.59 Å². The third-order valence-electron chi connectivity index (χ3n) is 4.41. The van der Waals surface area contributed by atoms with Crippen LogP contribution in [0.1, 0.15) is 33.1 Å². The summed E-state index contributed by atoms with van der Waals surface area (Å²) in [6, 6.07) is -0.0677. The Kier molecular flexibility index (Phi) is 4.80. The van der Waals surface area contributed by atoms with Crippen molar-refractivity contribution in [1.82, 2.24) is 15.5 Å². The Bertz CT molecular complexity index is 346. The summed E-state index contributed by atoms with van der Waals surface area (Å²) in [4.78, 5) is 25.8. The zero-order valence-electron chi connectivity index (χ0n) is 11.9. The van der Waals surface area contributed by atoms with Gasteiger partial charge in [-0.3, -0.25) is 9.59 Å². The fraction of sp³-hybridized carbons (Fsp3) is 0.857. The number of amides is 2. The van der Waals surface area contributed by atoms with Gasteiger partial charge >= 0.3 is 0 Å². The summed E-state index contributed by atoms with van der Waals surface area (Å²) >= 11 is 0. The SMILES string of the molecule is CCNC(=O)CN(CC)C(=O)C1NCC2CCCC21. The lowest BCUT2D eigenvalue weighted by atomic mass is 9.93. The number of rotatable bonds is 5. The molecule has 0 bridgehead atoms. The smallest absolute Gasteiger partial charge is 0.240 e.